The Hall–Kier alpha value is -1.62. The van der Waals surface area contributed by atoms with Gasteiger partial charge in [-0.05, 0) is 25.3 Å². The fourth-order valence-electron chi connectivity index (χ4n) is 2.81. The summed E-state index contributed by atoms with van der Waals surface area (Å²) in [5.41, 5.74) is 0.252. The molecule has 0 saturated carbocycles. The highest BCUT2D eigenvalue weighted by Gasteiger charge is 2.27. The van der Waals surface area contributed by atoms with Crippen molar-refractivity contribution in [3.63, 3.8) is 0 Å². The molecule has 0 spiro atoms. The molecule has 1 aliphatic heterocycles. The Bertz CT molecular complexity index is 548. The van der Waals surface area contributed by atoms with Crippen molar-refractivity contribution in [3.05, 3.63) is 38.9 Å². The van der Waals surface area contributed by atoms with Gasteiger partial charge in [0, 0.05) is 24.7 Å². The van der Waals surface area contributed by atoms with Gasteiger partial charge in [0.15, 0.2) is 0 Å². The van der Waals surface area contributed by atoms with Gasteiger partial charge in [-0.15, -0.1) is 0 Å². The second-order valence-corrected chi connectivity index (χ2v) is 5.74. The number of carbonyl (C=O) groups is 1. The lowest BCUT2D eigenvalue weighted by atomic mass is 10.1. The molecule has 1 aromatic carbocycles. The number of halogens is 1. The number of rotatable bonds is 3. The normalized spacial score (nSPS) is 19.1. The minimum Gasteiger partial charge on any atom is -0.336 e. The number of likely N-dealkylation sites (tertiary alicyclic amines) is 1. The van der Waals surface area contributed by atoms with Gasteiger partial charge in [-0.3, -0.25) is 14.9 Å². The van der Waals surface area contributed by atoms with Crippen molar-refractivity contribution in [3.8, 4) is 0 Å². The van der Waals surface area contributed by atoms with Crippen molar-refractivity contribution in [2.24, 2.45) is 0 Å². The van der Waals surface area contributed by atoms with Gasteiger partial charge in [-0.2, -0.15) is 0 Å². The summed E-state index contributed by atoms with van der Waals surface area (Å²) < 4.78 is 0. The van der Waals surface area contributed by atoms with E-state index in [1.54, 1.807) is 0 Å². The smallest absolute Gasteiger partial charge is 0.270 e. The summed E-state index contributed by atoms with van der Waals surface area (Å²) in [7, 11) is 0. The Labute approximate surface area is 129 Å². The van der Waals surface area contributed by atoms with Gasteiger partial charge in [-0.25, -0.2) is 0 Å². The predicted octanol–water partition coefficient (Wildman–Crippen LogP) is 4.04. The predicted molar refractivity (Wildman–Crippen MR) is 81.7 cm³/mol. The average Bonchev–Trinajstić information content (AvgIpc) is 2.71. The maximum atomic E-state index is 12.7. The van der Waals surface area contributed by atoms with Crippen molar-refractivity contribution in [1.29, 1.82) is 0 Å². The first-order valence-electron chi connectivity index (χ1n) is 7.29. The van der Waals surface area contributed by atoms with Crippen LogP contribution in [0.2, 0.25) is 5.02 Å². The number of hydrogen-bond acceptors (Lipinski definition) is 3. The third-order valence-corrected chi connectivity index (χ3v) is 4.32. The van der Waals surface area contributed by atoms with Gasteiger partial charge in [0.2, 0.25) is 0 Å². The second-order valence-electron chi connectivity index (χ2n) is 5.33. The summed E-state index contributed by atoms with van der Waals surface area (Å²) >= 11 is 6.07. The first-order valence-corrected chi connectivity index (χ1v) is 7.67. The van der Waals surface area contributed by atoms with Crippen LogP contribution in [0.25, 0.3) is 0 Å². The zero-order chi connectivity index (χ0) is 15.4. The number of nitro benzene ring substituents is 1. The summed E-state index contributed by atoms with van der Waals surface area (Å²) in [6, 6.07) is 4.26. The number of nitrogens with zero attached hydrogens (tertiary/aromatic N) is 2. The molecule has 1 unspecified atom stereocenters. The molecule has 0 aromatic heterocycles. The van der Waals surface area contributed by atoms with Crippen LogP contribution in [-0.2, 0) is 0 Å². The van der Waals surface area contributed by atoms with E-state index in [0.717, 1.165) is 38.6 Å². The van der Waals surface area contributed by atoms with Crippen molar-refractivity contribution in [1.82, 2.24) is 4.90 Å². The van der Waals surface area contributed by atoms with Crippen LogP contribution >= 0.6 is 11.6 Å². The monoisotopic (exact) mass is 310 g/mol. The number of carbonyl (C=O) groups excluding carboxylic acids is 1. The Morgan fingerprint density at radius 2 is 2.19 bits per heavy atom. The lowest BCUT2D eigenvalue weighted by Gasteiger charge is -2.29. The van der Waals surface area contributed by atoms with Crippen molar-refractivity contribution in [2.45, 2.75) is 45.1 Å². The van der Waals surface area contributed by atoms with E-state index in [2.05, 4.69) is 6.92 Å². The van der Waals surface area contributed by atoms with E-state index in [4.69, 9.17) is 11.6 Å². The van der Waals surface area contributed by atoms with Crippen LogP contribution < -0.4 is 0 Å². The molecule has 5 nitrogen and oxygen atoms in total. The second kappa shape index (κ2) is 6.89. The molecule has 1 aromatic rings. The van der Waals surface area contributed by atoms with Crippen molar-refractivity contribution in [2.75, 3.05) is 6.54 Å². The molecule has 1 fully saturated rings. The zero-order valence-corrected chi connectivity index (χ0v) is 12.8. The Morgan fingerprint density at radius 3 is 2.81 bits per heavy atom. The van der Waals surface area contributed by atoms with E-state index >= 15 is 0 Å². The lowest BCUT2D eigenvalue weighted by Crippen LogP contribution is -2.39. The minimum absolute atomic E-state index is 0.0977. The Balaban J connectivity index is 2.27. The van der Waals surface area contributed by atoms with E-state index in [1.165, 1.54) is 18.2 Å². The maximum Gasteiger partial charge on any atom is 0.270 e. The summed E-state index contributed by atoms with van der Waals surface area (Å²) in [4.78, 5) is 24.8. The molecular formula is C15H19ClN2O3. The first-order chi connectivity index (χ1) is 10.0. The van der Waals surface area contributed by atoms with Gasteiger partial charge >= 0.3 is 0 Å². The molecule has 0 N–H and O–H groups in total. The lowest BCUT2D eigenvalue weighted by molar-refractivity contribution is -0.384. The molecule has 1 saturated heterocycles. The molecule has 21 heavy (non-hydrogen) atoms. The minimum atomic E-state index is -0.513. The molecule has 1 atom stereocenters. The summed E-state index contributed by atoms with van der Waals surface area (Å²) in [6.45, 7) is 2.80. The fourth-order valence-corrected chi connectivity index (χ4v) is 3.07. The Morgan fingerprint density at radius 1 is 1.43 bits per heavy atom. The van der Waals surface area contributed by atoms with Crippen LogP contribution in [-0.4, -0.2) is 28.3 Å². The molecule has 0 radical (unpaired) electrons. The van der Waals surface area contributed by atoms with E-state index in [0.29, 0.717) is 5.56 Å². The molecule has 0 aliphatic carbocycles. The van der Waals surface area contributed by atoms with Crippen LogP contribution in [0, 0.1) is 10.1 Å². The fraction of sp³-hybridized carbons (Fsp3) is 0.533. The van der Waals surface area contributed by atoms with E-state index in [1.807, 2.05) is 4.90 Å². The molecule has 114 valence electrons. The standard InChI is InChI=1S/C15H19ClN2O3/c1-2-11-6-4-3-5-9-17(11)15(19)13-8-7-12(18(20)21)10-14(13)16/h7-8,10-11H,2-6,9H2,1H3. The van der Waals surface area contributed by atoms with Crippen LogP contribution in [0.4, 0.5) is 5.69 Å². The van der Waals surface area contributed by atoms with Gasteiger partial charge in [0.05, 0.1) is 15.5 Å². The largest absolute Gasteiger partial charge is 0.336 e. The van der Waals surface area contributed by atoms with Crippen LogP contribution in [0.15, 0.2) is 18.2 Å². The van der Waals surface area contributed by atoms with Crippen molar-refractivity contribution < 1.29 is 9.72 Å². The zero-order valence-electron chi connectivity index (χ0n) is 12.0. The van der Waals surface area contributed by atoms with Crippen LogP contribution in [0.1, 0.15) is 49.4 Å². The highest BCUT2D eigenvalue weighted by atomic mass is 35.5. The third kappa shape index (κ3) is 3.53. The Kier molecular flexibility index (Phi) is 5.17. The van der Waals surface area contributed by atoms with E-state index in [-0.39, 0.29) is 22.7 Å². The average molecular weight is 311 g/mol. The SMILES string of the molecule is CCC1CCCCCN1C(=O)c1ccc([N+](=O)[O-])cc1Cl. The number of hydrogen-bond donors (Lipinski definition) is 0. The van der Waals surface area contributed by atoms with Crippen molar-refractivity contribution >= 4 is 23.2 Å². The first kappa shape index (κ1) is 15.8. The van der Waals surface area contributed by atoms with Gasteiger partial charge in [0.1, 0.15) is 0 Å². The molecular weight excluding hydrogens is 292 g/mol. The number of benzene rings is 1. The molecule has 1 amide bonds. The molecule has 1 aliphatic rings. The molecule has 1 heterocycles. The number of nitro groups is 1. The molecule has 0 bridgehead atoms. The van der Waals surface area contributed by atoms with Crippen LogP contribution in [0.3, 0.4) is 0 Å². The molecule has 2 rings (SSSR count). The van der Waals surface area contributed by atoms with Gasteiger partial charge in [0.25, 0.3) is 11.6 Å². The third-order valence-electron chi connectivity index (χ3n) is 4.00. The highest BCUT2D eigenvalue weighted by molar-refractivity contribution is 6.34. The summed E-state index contributed by atoms with van der Waals surface area (Å²) in [6.07, 6.45) is 5.18. The summed E-state index contributed by atoms with van der Waals surface area (Å²) in [5, 5.41) is 10.9. The van der Waals surface area contributed by atoms with E-state index < -0.39 is 4.92 Å². The van der Waals surface area contributed by atoms with Gasteiger partial charge in [-0.1, -0.05) is 31.4 Å². The topological polar surface area (TPSA) is 63.5 Å². The maximum absolute atomic E-state index is 12.7. The quantitative estimate of drug-likeness (QED) is 0.625. The number of non-ortho nitro benzene ring substituents is 1. The number of amides is 1. The summed E-state index contributed by atoms with van der Waals surface area (Å²) in [5.74, 6) is -0.122. The molecule has 6 heteroatoms. The van der Waals surface area contributed by atoms with Crippen LogP contribution in [0.5, 0.6) is 0 Å². The highest BCUT2D eigenvalue weighted by Crippen LogP contribution is 2.27. The van der Waals surface area contributed by atoms with E-state index in [9.17, 15) is 14.9 Å². The van der Waals surface area contributed by atoms with Gasteiger partial charge < -0.3 is 4.90 Å².